The van der Waals surface area contributed by atoms with Gasteiger partial charge < -0.3 is 10.4 Å². The van der Waals surface area contributed by atoms with E-state index in [9.17, 15) is 9.90 Å². The first-order valence-corrected chi connectivity index (χ1v) is 6.66. The smallest absolute Gasteiger partial charge is 0.321 e. The predicted octanol–water partition coefficient (Wildman–Crippen LogP) is 2.56. The van der Waals surface area contributed by atoms with Crippen molar-refractivity contribution >= 4 is 5.97 Å². The average molecular weight is 247 g/mol. The lowest BCUT2D eigenvalue weighted by Crippen LogP contribution is -2.53. The Morgan fingerprint density at radius 3 is 2.33 bits per heavy atom. The van der Waals surface area contributed by atoms with Crippen molar-refractivity contribution in [1.82, 2.24) is 5.32 Å². The van der Waals surface area contributed by atoms with Crippen LogP contribution in [0, 0.1) is 0 Å². The van der Waals surface area contributed by atoms with Gasteiger partial charge in [-0.3, -0.25) is 4.79 Å². The molecule has 1 fully saturated rings. The van der Waals surface area contributed by atoms with Gasteiger partial charge in [-0.25, -0.2) is 0 Å². The van der Waals surface area contributed by atoms with Crippen LogP contribution < -0.4 is 5.32 Å². The zero-order chi connectivity index (χ0) is 13.0. The number of carboxylic acid groups (broad SMARTS) is 1. The van der Waals surface area contributed by atoms with Crippen molar-refractivity contribution in [3.63, 3.8) is 0 Å². The Morgan fingerprint density at radius 2 is 1.83 bits per heavy atom. The van der Waals surface area contributed by atoms with E-state index in [-0.39, 0.29) is 5.41 Å². The third kappa shape index (κ3) is 2.27. The zero-order valence-electron chi connectivity index (χ0n) is 10.9. The van der Waals surface area contributed by atoms with Crippen molar-refractivity contribution in [3.8, 4) is 0 Å². The number of nitrogens with one attached hydrogen (secondary N) is 1. The zero-order valence-corrected chi connectivity index (χ0v) is 10.9. The number of benzene rings is 1. The van der Waals surface area contributed by atoms with Crippen molar-refractivity contribution in [2.24, 2.45) is 0 Å². The van der Waals surface area contributed by atoms with E-state index in [4.69, 9.17) is 0 Å². The highest BCUT2D eigenvalue weighted by atomic mass is 16.4. The molecule has 1 unspecified atom stereocenters. The summed E-state index contributed by atoms with van der Waals surface area (Å²) >= 11 is 0. The van der Waals surface area contributed by atoms with Crippen molar-refractivity contribution in [3.05, 3.63) is 35.9 Å². The fraction of sp³-hybridized carbons (Fsp3) is 0.533. The van der Waals surface area contributed by atoms with Crippen LogP contribution in [-0.4, -0.2) is 24.2 Å². The summed E-state index contributed by atoms with van der Waals surface area (Å²) in [6.45, 7) is 0. The Labute approximate surface area is 108 Å². The molecule has 0 saturated heterocycles. The molecule has 1 atom stereocenters. The molecule has 0 radical (unpaired) electrons. The summed E-state index contributed by atoms with van der Waals surface area (Å²) in [6.07, 6.45) is 5.34. The van der Waals surface area contributed by atoms with Crippen LogP contribution in [0.3, 0.4) is 0 Å². The van der Waals surface area contributed by atoms with E-state index in [1.165, 1.54) is 6.42 Å². The van der Waals surface area contributed by atoms with Gasteiger partial charge in [0.1, 0.15) is 6.04 Å². The first-order chi connectivity index (χ1) is 8.70. The molecule has 0 aromatic heterocycles. The number of hydrogen-bond donors (Lipinski definition) is 2. The molecule has 1 aromatic rings. The van der Waals surface area contributed by atoms with Crippen molar-refractivity contribution < 1.29 is 9.90 Å². The molecular formula is C15H21NO2. The van der Waals surface area contributed by atoms with Crippen molar-refractivity contribution in [2.75, 3.05) is 7.05 Å². The molecule has 2 N–H and O–H groups in total. The molecule has 1 aromatic carbocycles. The summed E-state index contributed by atoms with van der Waals surface area (Å²) in [5.41, 5.74) is 0.909. The van der Waals surface area contributed by atoms with Crippen LogP contribution in [0.5, 0.6) is 0 Å². The maximum absolute atomic E-state index is 11.5. The van der Waals surface area contributed by atoms with Crippen molar-refractivity contribution in [2.45, 2.75) is 43.6 Å². The minimum absolute atomic E-state index is 0.250. The Kier molecular flexibility index (Phi) is 4.02. The van der Waals surface area contributed by atoms with Crippen LogP contribution in [0.2, 0.25) is 0 Å². The summed E-state index contributed by atoms with van der Waals surface area (Å²) in [5.74, 6) is -0.747. The number of hydrogen-bond acceptors (Lipinski definition) is 2. The highest BCUT2D eigenvalue weighted by molar-refractivity contribution is 5.76. The van der Waals surface area contributed by atoms with E-state index in [2.05, 4.69) is 17.4 Å². The predicted molar refractivity (Wildman–Crippen MR) is 71.7 cm³/mol. The summed E-state index contributed by atoms with van der Waals surface area (Å²) in [6, 6.07) is 9.62. The molecule has 0 aliphatic heterocycles. The summed E-state index contributed by atoms with van der Waals surface area (Å²) in [4.78, 5) is 11.5. The van der Waals surface area contributed by atoms with Crippen LogP contribution >= 0.6 is 0 Å². The van der Waals surface area contributed by atoms with Crippen molar-refractivity contribution in [1.29, 1.82) is 0 Å². The Hall–Kier alpha value is -1.35. The number of rotatable bonds is 4. The molecule has 0 spiro atoms. The van der Waals surface area contributed by atoms with Crippen LogP contribution in [0.25, 0.3) is 0 Å². The van der Waals surface area contributed by atoms with E-state index in [1.54, 1.807) is 7.05 Å². The monoisotopic (exact) mass is 247 g/mol. The van der Waals surface area contributed by atoms with Gasteiger partial charge in [-0.2, -0.15) is 0 Å². The fourth-order valence-corrected chi connectivity index (χ4v) is 3.33. The Bertz CT molecular complexity index is 396. The number of carbonyl (C=O) groups is 1. The highest BCUT2D eigenvalue weighted by Gasteiger charge is 2.44. The molecular weight excluding hydrogens is 226 g/mol. The largest absolute Gasteiger partial charge is 0.480 e. The molecule has 18 heavy (non-hydrogen) atoms. The number of aliphatic carboxylic acids is 1. The van der Waals surface area contributed by atoms with E-state index in [1.807, 2.05) is 18.2 Å². The lowest BCUT2D eigenvalue weighted by Gasteiger charge is -2.42. The Morgan fingerprint density at radius 1 is 1.22 bits per heavy atom. The fourth-order valence-electron chi connectivity index (χ4n) is 3.33. The third-order valence-electron chi connectivity index (χ3n) is 4.18. The van der Waals surface area contributed by atoms with Gasteiger partial charge in [-0.05, 0) is 25.5 Å². The first-order valence-electron chi connectivity index (χ1n) is 6.66. The third-order valence-corrected chi connectivity index (χ3v) is 4.18. The van der Waals surface area contributed by atoms with E-state index in [0.717, 1.165) is 31.2 Å². The standard InChI is InChI=1S/C15H21NO2/c1-16-13(14(17)18)15(10-6-3-7-11-15)12-8-4-2-5-9-12/h2,4-5,8-9,13,16H,3,6-7,10-11H2,1H3,(H,17,18). The van der Waals surface area contributed by atoms with E-state index >= 15 is 0 Å². The molecule has 0 bridgehead atoms. The molecule has 2 rings (SSSR count). The minimum atomic E-state index is -0.747. The topological polar surface area (TPSA) is 49.3 Å². The maximum atomic E-state index is 11.5. The van der Waals surface area contributed by atoms with Gasteiger partial charge in [-0.1, -0.05) is 49.6 Å². The quantitative estimate of drug-likeness (QED) is 0.859. The summed E-state index contributed by atoms with van der Waals surface area (Å²) in [5, 5.41) is 12.5. The molecule has 1 aliphatic rings. The minimum Gasteiger partial charge on any atom is -0.480 e. The van der Waals surface area contributed by atoms with Gasteiger partial charge >= 0.3 is 5.97 Å². The first kappa shape index (κ1) is 13.1. The summed E-state index contributed by atoms with van der Waals surface area (Å²) < 4.78 is 0. The summed E-state index contributed by atoms with van der Waals surface area (Å²) in [7, 11) is 1.75. The maximum Gasteiger partial charge on any atom is 0.321 e. The average Bonchev–Trinajstić information content (AvgIpc) is 2.41. The SMILES string of the molecule is CNC(C(=O)O)C1(c2ccccc2)CCCCC1. The van der Waals surface area contributed by atoms with E-state index in [0.29, 0.717) is 0 Å². The normalized spacial score (nSPS) is 20.3. The molecule has 3 heteroatoms. The van der Waals surface area contributed by atoms with Crippen LogP contribution in [0.4, 0.5) is 0 Å². The van der Waals surface area contributed by atoms with Crippen LogP contribution in [0.15, 0.2) is 30.3 Å². The van der Waals surface area contributed by atoms with Gasteiger partial charge in [0.05, 0.1) is 0 Å². The lowest BCUT2D eigenvalue weighted by atomic mass is 9.65. The van der Waals surface area contributed by atoms with E-state index < -0.39 is 12.0 Å². The van der Waals surface area contributed by atoms with Gasteiger partial charge in [0.15, 0.2) is 0 Å². The molecule has 98 valence electrons. The molecule has 3 nitrogen and oxygen atoms in total. The van der Waals surface area contributed by atoms with Crippen LogP contribution in [-0.2, 0) is 10.2 Å². The second-order valence-corrected chi connectivity index (χ2v) is 5.14. The van der Waals surface area contributed by atoms with Gasteiger partial charge in [-0.15, -0.1) is 0 Å². The number of carboxylic acids is 1. The Balaban J connectivity index is 2.43. The lowest BCUT2D eigenvalue weighted by molar-refractivity contribution is -0.142. The second kappa shape index (κ2) is 5.53. The van der Waals surface area contributed by atoms with Crippen LogP contribution in [0.1, 0.15) is 37.7 Å². The van der Waals surface area contributed by atoms with Gasteiger partial charge in [0, 0.05) is 5.41 Å². The molecule has 1 aliphatic carbocycles. The van der Waals surface area contributed by atoms with Gasteiger partial charge in [0.25, 0.3) is 0 Å². The van der Waals surface area contributed by atoms with Gasteiger partial charge in [0.2, 0.25) is 0 Å². The second-order valence-electron chi connectivity index (χ2n) is 5.14. The molecule has 0 heterocycles. The molecule has 0 amide bonds. The molecule has 1 saturated carbocycles. The highest BCUT2D eigenvalue weighted by Crippen LogP contribution is 2.42. The number of likely N-dealkylation sites (N-methyl/N-ethyl adjacent to an activating group) is 1.